The molecular weight excluding hydrogens is 295 g/mol. The Hall–Kier alpha value is -1.91. The standard InChI is InChI=1S/C22H23P/c1-18-8-12-21(13-9-18)23(22-14-10-19(2)11-15-22)17-16-20-6-4-3-5-7-20/h3-15H,16-17H2,1-2H3. The molecule has 0 nitrogen and oxygen atoms in total. The summed E-state index contributed by atoms with van der Waals surface area (Å²) in [6.07, 6.45) is 2.33. The number of benzene rings is 3. The van der Waals surface area contributed by atoms with Crippen molar-refractivity contribution < 1.29 is 0 Å². The van der Waals surface area contributed by atoms with Gasteiger partial charge in [-0.2, -0.15) is 0 Å². The lowest BCUT2D eigenvalue weighted by atomic mass is 10.2. The highest BCUT2D eigenvalue weighted by molar-refractivity contribution is 7.73. The monoisotopic (exact) mass is 318 g/mol. The molecule has 0 fully saturated rings. The zero-order valence-corrected chi connectivity index (χ0v) is 14.8. The van der Waals surface area contributed by atoms with Crippen LogP contribution < -0.4 is 10.6 Å². The Morgan fingerprint density at radius 1 is 0.609 bits per heavy atom. The van der Waals surface area contributed by atoms with E-state index in [-0.39, 0.29) is 7.92 Å². The molecule has 3 rings (SSSR count). The topological polar surface area (TPSA) is 0 Å². The maximum atomic E-state index is 2.31. The third-order valence-corrected chi connectivity index (χ3v) is 6.67. The minimum atomic E-state index is -0.299. The third kappa shape index (κ3) is 4.30. The van der Waals surface area contributed by atoms with E-state index in [1.807, 2.05) is 0 Å². The van der Waals surface area contributed by atoms with E-state index in [0.717, 1.165) is 6.42 Å². The average molecular weight is 318 g/mol. The van der Waals surface area contributed by atoms with E-state index >= 15 is 0 Å². The van der Waals surface area contributed by atoms with Crippen molar-refractivity contribution in [2.75, 3.05) is 6.16 Å². The summed E-state index contributed by atoms with van der Waals surface area (Å²) in [6.45, 7) is 4.31. The molecule has 23 heavy (non-hydrogen) atoms. The lowest BCUT2D eigenvalue weighted by molar-refractivity contribution is 1.15. The fourth-order valence-electron chi connectivity index (χ4n) is 2.74. The van der Waals surface area contributed by atoms with Crippen LogP contribution >= 0.6 is 7.92 Å². The largest absolute Gasteiger partial charge is 0.0622 e. The molecule has 0 atom stereocenters. The molecule has 0 N–H and O–H groups in total. The first-order chi connectivity index (χ1) is 11.2. The Morgan fingerprint density at radius 2 is 1.09 bits per heavy atom. The number of hydrogen-bond donors (Lipinski definition) is 0. The number of aryl methyl sites for hydroxylation is 3. The lowest BCUT2D eigenvalue weighted by Crippen LogP contribution is -2.15. The fraction of sp³-hybridized carbons (Fsp3) is 0.182. The highest BCUT2D eigenvalue weighted by atomic mass is 31.1. The Morgan fingerprint density at radius 3 is 1.57 bits per heavy atom. The molecule has 0 aliphatic heterocycles. The summed E-state index contributed by atoms with van der Waals surface area (Å²) < 4.78 is 0. The van der Waals surface area contributed by atoms with E-state index in [1.165, 1.54) is 33.5 Å². The summed E-state index contributed by atoms with van der Waals surface area (Å²) in [7, 11) is -0.299. The van der Waals surface area contributed by atoms with E-state index < -0.39 is 0 Å². The van der Waals surface area contributed by atoms with Crippen molar-refractivity contribution in [3.8, 4) is 0 Å². The predicted molar refractivity (Wildman–Crippen MR) is 104 cm³/mol. The molecule has 0 radical (unpaired) electrons. The predicted octanol–water partition coefficient (Wildman–Crippen LogP) is 4.98. The van der Waals surface area contributed by atoms with Crippen molar-refractivity contribution in [1.82, 2.24) is 0 Å². The maximum Gasteiger partial charge on any atom is -0.0195 e. The normalized spacial score (nSPS) is 10.9. The molecule has 0 aliphatic carbocycles. The molecule has 0 heterocycles. The Kier molecular flexibility index (Phi) is 5.26. The zero-order chi connectivity index (χ0) is 16.1. The fourth-order valence-corrected chi connectivity index (χ4v) is 5.06. The van der Waals surface area contributed by atoms with Crippen LogP contribution in [0.15, 0.2) is 78.9 Å². The van der Waals surface area contributed by atoms with Gasteiger partial charge in [0.15, 0.2) is 0 Å². The molecule has 0 aliphatic rings. The molecule has 3 aromatic carbocycles. The van der Waals surface area contributed by atoms with Gasteiger partial charge in [-0.15, -0.1) is 0 Å². The quantitative estimate of drug-likeness (QED) is 0.582. The van der Waals surface area contributed by atoms with E-state index in [1.54, 1.807) is 0 Å². The van der Waals surface area contributed by atoms with E-state index in [0.29, 0.717) is 0 Å². The van der Waals surface area contributed by atoms with Gasteiger partial charge in [-0.25, -0.2) is 0 Å². The minimum absolute atomic E-state index is 0.299. The van der Waals surface area contributed by atoms with Gasteiger partial charge in [0, 0.05) is 0 Å². The summed E-state index contributed by atoms with van der Waals surface area (Å²) in [5.41, 5.74) is 4.09. The van der Waals surface area contributed by atoms with Crippen LogP contribution in [0.3, 0.4) is 0 Å². The Labute approximate surface area is 141 Å². The second-order valence-electron chi connectivity index (χ2n) is 6.06. The van der Waals surface area contributed by atoms with Crippen molar-refractivity contribution >= 4 is 18.5 Å². The van der Waals surface area contributed by atoms with Crippen LogP contribution in [0.2, 0.25) is 0 Å². The molecule has 116 valence electrons. The van der Waals surface area contributed by atoms with E-state index in [4.69, 9.17) is 0 Å². The maximum absolute atomic E-state index is 2.31. The molecule has 1 heteroatoms. The highest BCUT2D eigenvalue weighted by Crippen LogP contribution is 2.34. The summed E-state index contributed by atoms with van der Waals surface area (Å²) >= 11 is 0. The van der Waals surface area contributed by atoms with Crippen molar-refractivity contribution in [1.29, 1.82) is 0 Å². The SMILES string of the molecule is Cc1ccc(P(CCc2ccccc2)c2ccc(C)cc2)cc1. The third-order valence-electron chi connectivity index (χ3n) is 4.16. The van der Waals surface area contributed by atoms with E-state index in [9.17, 15) is 0 Å². The molecule has 0 aromatic heterocycles. The molecular formula is C22H23P. The minimum Gasteiger partial charge on any atom is -0.0622 e. The van der Waals surface area contributed by atoms with Crippen molar-refractivity contribution in [3.63, 3.8) is 0 Å². The van der Waals surface area contributed by atoms with Gasteiger partial charge >= 0.3 is 0 Å². The zero-order valence-electron chi connectivity index (χ0n) is 13.9. The van der Waals surface area contributed by atoms with Crippen LogP contribution in [-0.2, 0) is 6.42 Å². The Balaban J connectivity index is 1.86. The van der Waals surface area contributed by atoms with E-state index in [2.05, 4.69) is 92.7 Å². The molecule has 0 saturated heterocycles. The molecule has 3 aromatic rings. The van der Waals surface area contributed by atoms with Crippen LogP contribution in [0.4, 0.5) is 0 Å². The van der Waals surface area contributed by atoms with Crippen molar-refractivity contribution in [2.24, 2.45) is 0 Å². The van der Waals surface area contributed by atoms with Gasteiger partial charge in [0.2, 0.25) is 0 Å². The van der Waals surface area contributed by atoms with Gasteiger partial charge < -0.3 is 0 Å². The molecule has 0 unspecified atom stereocenters. The molecule has 0 amide bonds. The highest BCUT2D eigenvalue weighted by Gasteiger charge is 2.13. The molecule has 0 saturated carbocycles. The van der Waals surface area contributed by atoms with Crippen LogP contribution in [0, 0.1) is 13.8 Å². The van der Waals surface area contributed by atoms with Gasteiger partial charge in [0.25, 0.3) is 0 Å². The first-order valence-electron chi connectivity index (χ1n) is 8.17. The number of rotatable bonds is 5. The van der Waals surface area contributed by atoms with Crippen molar-refractivity contribution in [3.05, 3.63) is 95.6 Å². The van der Waals surface area contributed by atoms with Gasteiger partial charge in [-0.1, -0.05) is 90.0 Å². The first kappa shape index (κ1) is 16.0. The summed E-state index contributed by atoms with van der Waals surface area (Å²) in [5.74, 6) is 0. The molecule has 0 bridgehead atoms. The van der Waals surface area contributed by atoms with Crippen molar-refractivity contribution in [2.45, 2.75) is 20.3 Å². The number of hydrogen-bond acceptors (Lipinski definition) is 0. The van der Waals surface area contributed by atoms with Crippen LogP contribution in [0.25, 0.3) is 0 Å². The lowest BCUT2D eigenvalue weighted by Gasteiger charge is -2.19. The second kappa shape index (κ2) is 7.57. The van der Waals surface area contributed by atoms with Gasteiger partial charge in [-0.3, -0.25) is 0 Å². The molecule has 0 spiro atoms. The van der Waals surface area contributed by atoms with Crippen LogP contribution in [-0.4, -0.2) is 6.16 Å². The van der Waals surface area contributed by atoms with Gasteiger partial charge in [0.1, 0.15) is 0 Å². The van der Waals surface area contributed by atoms with Gasteiger partial charge in [-0.05, 0) is 50.5 Å². The van der Waals surface area contributed by atoms with Crippen LogP contribution in [0.1, 0.15) is 16.7 Å². The second-order valence-corrected chi connectivity index (χ2v) is 8.39. The smallest absolute Gasteiger partial charge is 0.0195 e. The average Bonchev–Trinajstić information content (AvgIpc) is 2.59. The first-order valence-corrected chi connectivity index (χ1v) is 9.70. The van der Waals surface area contributed by atoms with Crippen LogP contribution in [0.5, 0.6) is 0 Å². The summed E-state index contributed by atoms with van der Waals surface area (Å²) in [5, 5.41) is 2.95. The summed E-state index contributed by atoms with van der Waals surface area (Å²) in [4.78, 5) is 0. The Bertz CT molecular complexity index is 682. The van der Waals surface area contributed by atoms with Gasteiger partial charge in [0.05, 0.1) is 0 Å². The summed E-state index contributed by atoms with van der Waals surface area (Å²) in [6, 6.07) is 29.0.